The van der Waals surface area contributed by atoms with E-state index in [0.29, 0.717) is 6.54 Å². The normalized spacial score (nSPS) is 24.6. The number of nitrogens with zero attached hydrogens (tertiary/aromatic N) is 3. The predicted molar refractivity (Wildman–Crippen MR) is 68.2 cm³/mol. The van der Waals surface area contributed by atoms with E-state index >= 15 is 0 Å². The number of aryl methyl sites for hydroxylation is 1. The number of carboxylic acid groups (broad SMARTS) is 1. The van der Waals surface area contributed by atoms with Crippen molar-refractivity contribution in [1.82, 2.24) is 14.7 Å². The van der Waals surface area contributed by atoms with Gasteiger partial charge in [0.1, 0.15) is 0 Å². The third-order valence-electron chi connectivity index (χ3n) is 3.61. The zero-order chi connectivity index (χ0) is 13.2. The Kier molecular flexibility index (Phi) is 3.71. The molecule has 1 aromatic rings. The van der Waals surface area contributed by atoms with Crippen LogP contribution >= 0.6 is 0 Å². The van der Waals surface area contributed by atoms with Crippen molar-refractivity contribution in [3.05, 3.63) is 18.0 Å². The van der Waals surface area contributed by atoms with Gasteiger partial charge in [0.15, 0.2) is 0 Å². The van der Waals surface area contributed by atoms with Gasteiger partial charge in [-0.3, -0.25) is 14.4 Å². The van der Waals surface area contributed by atoms with Crippen LogP contribution in [0.15, 0.2) is 12.4 Å². The average molecular weight is 251 g/mol. The molecule has 18 heavy (non-hydrogen) atoms. The molecule has 1 saturated heterocycles. The Hall–Kier alpha value is -1.36. The average Bonchev–Trinajstić information content (AvgIpc) is 2.88. The third-order valence-corrected chi connectivity index (χ3v) is 3.61. The maximum Gasteiger partial charge on any atom is 0.310 e. The van der Waals surface area contributed by atoms with E-state index in [-0.39, 0.29) is 0 Å². The largest absolute Gasteiger partial charge is 0.481 e. The van der Waals surface area contributed by atoms with E-state index < -0.39 is 11.4 Å². The second kappa shape index (κ2) is 5.10. The maximum atomic E-state index is 11.2. The van der Waals surface area contributed by atoms with Crippen LogP contribution in [0.4, 0.5) is 0 Å². The second-order valence-corrected chi connectivity index (χ2v) is 5.44. The van der Waals surface area contributed by atoms with Gasteiger partial charge in [-0.15, -0.1) is 0 Å². The van der Waals surface area contributed by atoms with Gasteiger partial charge < -0.3 is 5.11 Å². The minimum Gasteiger partial charge on any atom is -0.481 e. The minimum absolute atomic E-state index is 0.584. The van der Waals surface area contributed by atoms with Crippen molar-refractivity contribution in [1.29, 1.82) is 0 Å². The second-order valence-electron chi connectivity index (χ2n) is 5.44. The molecule has 0 aliphatic carbocycles. The van der Waals surface area contributed by atoms with Crippen molar-refractivity contribution < 1.29 is 9.90 Å². The van der Waals surface area contributed by atoms with E-state index in [1.54, 1.807) is 0 Å². The van der Waals surface area contributed by atoms with Gasteiger partial charge in [-0.25, -0.2) is 0 Å². The molecule has 2 rings (SSSR count). The fourth-order valence-electron chi connectivity index (χ4n) is 2.46. The molecule has 1 aliphatic heterocycles. The van der Waals surface area contributed by atoms with Crippen molar-refractivity contribution in [3.8, 4) is 0 Å². The van der Waals surface area contributed by atoms with Gasteiger partial charge in [-0.2, -0.15) is 5.10 Å². The highest BCUT2D eigenvalue weighted by atomic mass is 16.4. The van der Waals surface area contributed by atoms with Gasteiger partial charge in [0, 0.05) is 31.4 Å². The van der Waals surface area contributed by atoms with Crippen molar-refractivity contribution in [2.45, 2.75) is 39.8 Å². The molecule has 0 bridgehead atoms. The third kappa shape index (κ3) is 2.72. The quantitative estimate of drug-likeness (QED) is 0.863. The topological polar surface area (TPSA) is 58.4 Å². The summed E-state index contributed by atoms with van der Waals surface area (Å²) >= 11 is 0. The standard InChI is InChI=1S/C13H21N3O2/c1-3-5-16-9-11(7-14-16)8-15-6-4-13(2,10-15)12(17)18/h7,9H,3-6,8,10H2,1-2H3,(H,17,18). The highest BCUT2D eigenvalue weighted by Crippen LogP contribution is 2.30. The number of hydrogen-bond acceptors (Lipinski definition) is 3. The Balaban J connectivity index is 1.93. The number of aliphatic carboxylic acids is 1. The van der Waals surface area contributed by atoms with Crippen LogP contribution in [-0.4, -0.2) is 38.8 Å². The van der Waals surface area contributed by atoms with Crippen molar-refractivity contribution in [2.75, 3.05) is 13.1 Å². The Bertz CT molecular complexity index is 430. The summed E-state index contributed by atoms with van der Waals surface area (Å²) in [5.74, 6) is -0.688. The summed E-state index contributed by atoms with van der Waals surface area (Å²) in [5, 5.41) is 13.5. The molecule has 1 aromatic heterocycles. The number of hydrogen-bond donors (Lipinski definition) is 1. The fourth-order valence-corrected chi connectivity index (χ4v) is 2.46. The minimum atomic E-state index is -0.688. The molecule has 5 heteroatoms. The monoisotopic (exact) mass is 251 g/mol. The molecule has 0 aromatic carbocycles. The molecule has 5 nitrogen and oxygen atoms in total. The van der Waals surface area contributed by atoms with Crippen LogP contribution in [0.25, 0.3) is 0 Å². The molecule has 0 saturated carbocycles. The zero-order valence-electron chi connectivity index (χ0n) is 11.1. The van der Waals surface area contributed by atoms with Crippen LogP contribution in [-0.2, 0) is 17.9 Å². The predicted octanol–water partition coefficient (Wildman–Crippen LogP) is 1.59. The smallest absolute Gasteiger partial charge is 0.310 e. The molecule has 2 heterocycles. The van der Waals surface area contributed by atoms with Crippen molar-refractivity contribution in [2.24, 2.45) is 5.41 Å². The summed E-state index contributed by atoms with van der Waals surface area (Å²) in [4.78, 5) is 13.4. The Morgan fingerprint density at radius 3 is 3.00 bits per heavy atom. The first-order valence-electron chi connectivity index (χ1n) is 6.50. The van der Waals surface area contributed by atoms with E-state index in [9.17, 15) is 9.90 Å². The number of rotatable bonds is 5. The van der Waals surface area contributed by atoms with E-state index in [2.05, 4.69) is 23.1 Å². The van der Waals surface area contributed by atoms with Crippen LogP contribution in [0, 0.1) is 5.41 Å². The van der Waals surface area contributed by atoms with Gasteiger partial charge in [0.2, 0.25) is 0 Å². The Morgan fingerprint density at radius 1 is 1.61 bits per heavy atom. The van der Waals surface area contributed by atoms with Gasteiger partial charge in [0.05, 0.1) is 11.6 Å². The Morgan fingerprint density at radius 2 is 2.39 bits per heavy atom. The molecule has 1 aliphatic rings. The molecule has 0 radical (unpaired) electrons. The number of aromatic nitrogens is 2. The molecular weight excluding hydrogens is 230 g/mol. The molecular formula is C13H21N3O2. The first kappa shape index (κ1) is 13.1. The van der Waals surface area contributed by atoms with E-state index in [1.807, 2.05) is 17.8 Å². The summed E-state index contributed by atoms with van der Waals surface area (Å²) in [7, 11) is 0. The first-order valence-corrected chi connectivity index (χ1v) is 6.50. The molecule has 100 valence electrons. The lowest BCUT2D eigenvalue weighted by Crippen LogP contribution is -2.31. The van der Waals surface area contributed by atoms with Gasteiger partial charge in [-0.1, -0.05) is 6.92 Å². The van der Waals surface area contributed by atoms with Crippen LogP contribution in [0.3, 0.4) is 0 Å². The number of likely N-dealkylation sites (tertiary alicyclic amines) is 1. The molecule has 1 fully saturated rings. The molecule has 1 unspecified atom stereocenters. The summed E-state index contributed by atoms with van der Waals surface area (Å²) in [6.45, 7) is 7.17. The van der Waals surface area contributed by atoms with Gasteiger partial charge in [0.25, 0.3) is 0 Å². The molecule has 0 amide bonds. The highest BCUT2D eigenvalue weighted by Gasteiger charge is 2.40. The maximum absolute atomic E-state index is 11.2. The van der Waals surface area contributed by atoms with Gasteiger partial charge >= 0.3 is 5.97 Å². The van der Waals surface area contributed by atoms with Crippen molar-refractivity contribution in [3.63, 3.8) is 0 Å². The molecule has 1 N–H and O–H groups in total. The van der Waals surface area contributed by atoms with E-state index in [0.717, 1.165) is 38.0 Å². The lowest BCUT2D eigenvalue weighted by molar-refractivity contribution is -0.147. The van der Waals surface area contributed by atoms with E-state index in [1.165, 1.54) is 0 Å². The number of carboxylic acids is 1. The van der Waals surface area contributed by atoms with Crippen LogP contribution in [0.5, 0.6) is 0 Å². The van der Waals surface area contributed by atoms with Crippen LogP contribution in [0.1, 0.15) is 32.3 Å². The summed E-state index contributed by atoms with van der Waals surface area (Å²) in [6.07, 6.45) is 5.74. The molecule has 1 atom stereocenters. The molecule has 0 spiro atoms. The Labute approximate surface area is 107 Å². The lowest BCUT2D eigenvalue weighted by atomic mass is 9.90. The fraction of sp³-hybridized carbons (Fsp3) is 0.692. The summed E-state index contributed by atoms with van der Waals surface area (Å²) < 4.78 is 1.95. The SMILES string of the molecule is CCCn1cc(CN2CCC(C)(C(=O)O)C2)cn1. The lowest BCUT2D eigenvalue weighted by Gasteiger charge is -2.19. The first-order chi connectivity index (χ1) is 8.53. The highest BCUT2D eigenvalue weighted by molar-refractivity contribution is 5.74. The van der Waals surface area contributed by atoms with E-state index in [4.69, 9.17) is 0 Å². The van der Waals surface area contributed by atoms with Crippen molar-refractivity contribution >= 4 is 5.97 Å². The van der Waals surface area contributed by atoms with Crippen LogP contribution in [0.2, 0.25) is 0 Å². The zero-order valence-corrected chi connectivity index (χ0v) is 11.1. The van der Waals surface area contributed by atoms with Crippen LogP contribution < -0.4 is 0 Å². The summed E-state index contributed by atoms with van der Waals surface area (Å²) in [5.41, 5.74) is 0.581. The number of carbonyl (C=O) groups is 1. The van der Waals surface area contributed by atoms with Gasteiger partial charge in [-0.05, 0) is 26.3 Å². The summed E-state index contributed by atoms with van der Waals surface area (Å²) in [6, 6.07) is 0.